The van der Waals surface area contributed by atoms with Gasteiger partial charge in [0.05, 0.1) is 17.5 Å². The molecular weight excluding hydrogens is 392 g/mol. The van der Waals surface area contributed by atoms with Crippen LogP contribution >= 0.6 is 0 Å². The molecule has 1 aliphatic rings. The lowest BCUT2D eigenvalue weighted by Crippen LogP contribution is -2.48. The van der Waals surface area contributed by atoms with Gasteiger partial charge < -0.3 is 15.1 Å². The zero-order valence-corrected chi connectivity index (χ0v) is 17.3. The van der Waals surface area contributed by atoms with E-state index in [-0.39, 0.29) is 29.1 Å². The van der Waals surface area contributed by atoms with Crippen LogP contribution in [0.4, 0.5) is 17.1 Å². The minimum Gasteiger partial charge on any atom is -0.369 e. The second-order valence-corrected chi connectivity index (χ2v) is 7.59. The summed E-state index contributed by atoms with van der Waals surface area (Å²) in [7, 11) is 1.78. The molecule has 0 bridgehead atoms. The fourth-order valence-electron chi connectivity index (χ4n) is 3.78. The molecule has 1 N–H and O–H groups in total. The van der Waals surface area contributed by atoms with E-state index in [1.165, 1.54) is 6.07 Å². The Labute approximate surface area is 181 Å². The molecule has 0 radical (unpaired) electrons. The summed E-state index contributed by atoms with van der Waals surface area (Å²) in [4.78, 5) is 27.2. The third kappa shape index (κ3) is 4.50. The molecule has 0 atom stereocenters. The lowest BCUT2D eigenvalue weighted by molar-refractivity contribution is -0.384. The number of piperazine rings is 1. The van der Waals surface area contributed by atoms with Gasteiger partial charge in [-0.3, -0.25) is 14.9 Å². The van der Waals surface area contributed by atoms with Gasteiger partial charge in [-0.05, 0) is 23.3 Å². The van der Waals surface area contributed by atoms with Crippen LogP contribution in [0.3, 0.4) is 0 Å². The Balaban J connectivity index is 1.72. The first-order valence-corrected chi connectivity index (χ1v) is 10.2. The van der Waals surface area contributed by atoms with Crippen LogP contribution in [-0.2, 0) is 4.79 Å². The molecule has 1 amide bonds. The van der Waals surface area contributed by atoms with E-state index >= 15 is 0 Å². The number of nitro groups is 1. The van der Waals surface area contributed by atoms with Crippen molar-refractivity contribution in [2.45, 2.75) is 6.04 Å². The highest BCUT2D eigenvalue weighted by molar-refractivity contribution is 5.83. The Bertz CT molecular complexity index is 1030. The summed E-state index contributed by atoms with van der Waals surface area (Å²) in [6.07, 6.45) is 0. The minimum absolute atomic E-state index is 0.000987. The van der Waals surface area contributed by atoms with Crippen LogP contribution in [0.5, 0.6) is 0 Å². The molecule has 1 saturated heterocycles. The molecule has 4 rings (SSSR count). The van der Waals surface area contributed by atoms with Crippen molar-refractivity contribution in [1.29, 1.82) is 0 Å². The van der Waals surface area contributed by atoms with E-state index in [0.717, 1.165) is 16.8 Å². The summed E-state index contributed by atoms with van der Waals surface area (Å²) in [5, 5.41) is 15.1. The standard InChI is InChI=1S/C24H24N4O3/c1-26-14-15-27(17-23(26)29)20-12-13-22(28(30)31)21(16-20)25-24(18-8-4-2-5-9-18)19-10-6-3-7-11-19/h2-13,16,24-25H,14-15,17H2,1H3. The van der Waals surface area contributed by atoms with Crippen molar-refractivity contribution in [2.75, 3.05) is 36.9 Å². The first kappa shape index (κ1) is 20.4. The first-order chi connectivity index (χ1) is 15.0. The lowest BCUT2D eigenvalue weighted by atomic mass is 9.98. The number of hydrogen-bond acceptors (Lipinski definition) is 5. The molecule has 3 aromatic carbocycles. The van der Waals surface area contributed by atoms with Crippen molar-refractivity contribution in [1.82, 2.24) is 4.90 Å². The molecule has 0 aromatic heterocycles. The summed E-state index contributed by atoms with van der Waals surface area (Å²) < 4.78 is 0. The third-order valence-electron chi connectivity index (χ3n) is 5.56. The number of carbonyl (C=O) groups is 1. The smallest absolute Gasteiger partial charge is 0.292 e. The second kappa shape index (κ2) is 8.87. The van der Waals surface area contributed by atoms with Crippen molar-refractivity contribution in [3.05, 3.63) is 100 Å². The van der Waals surface area contributed by atoms with Crippen LogP contribution in [-0.4, -0.2) is 42.4 Å². The first-order valence-electron chi connectivity index (χ1n) is 10.2. The summed E-state index contributed by atoms with van der Waals surface area (Å²) in [6, 6.07) is 24.4. The fraction of sp³-hybridized carbons (Fsp3) is 0.208. The molecule has 0 spiro atoms. The number of benzene rings is 3. The van der Waals surface area contributed by atoms with Gasteiger partial charge in [-0.1, -0.05) is 60.7 Å². The van der Waals surface area contributed by atoms with Gasteiger partial charge in [0.1, 0.15) is 5.69 Å². The summed E-state index contributed by atoms with van der Waals surface area (Å²) in [5.41, 5.74) is 3.22. The predicted octanol–water partition coefficient (Wildman–Crippen LogP) is 4.07. The summed E-state index contributed by atoms with van der Waals surface area (Å²) in [6.45, 7) is 1.56. The highest BCUT2D eigenvalue weighted by Gasteiger charge is 2.25. The van der Waals surface area contributed by atoms with E-state index in [1.807, 2.05) is 65.6 Å². The van der Waals surface area contributed by atoms with Crippen LogP contribution in [0.2, 0.25) is 0 Å². The second-order valence-electron chi connectivity index (χ2n) is 7.59. The van der Waals surface area contributed by atoms with Crippen LogP contribution in [0.1, 0.15) is 17.2 Å². The number of carbonyl (C=O) groups excluding carboxylic acids is 1. The van der Waals surface area contributed by atoms with Gasteiger partial charge in [-0.2, -0.15) is 0 Å². The fourth-order valence-corrected chi connectivity index (χ4v) is 3.78. The molecule has 1 aliphatic heterocycles. The normalized spacial score (nSPS) is 14.1. The third-order valence-corrected chi connectivity index (χ3v) is 5.56. The zero-order chi connectivity index (χ0) is 21.8. The Hall–Kier alpha value is -3.87. The molecule has 0 saturated carbocycles. The topological polar surface area (TPSA) is 78.7 Å². The van der Waals surface area contributed by atoms with Crippen LogP contribution in [0.15, 0.2) is 78.9 Å². The number of nitro benzene ring substituents is 1. The molecule has 31 heavy (non-hydrogen) atoms. The lowest BCUT2D eigenvalue weighted by Gasteiger charge is -2.33. The largest absolute Gasteiger partial charge is 0.369 e. The SMILES string of the molecule is CN1CCN(c2ccc([N+](=O)[O-])c(NC(c3ccccc3)c3ccccc3)c2)CC1=O. The van der Waals surface area contributed by atoms with Gasteiger partial charge in [0.25, 0.3) is 5.69 Å². The van der Waals surface area contributed by atoms with Crippen molar-refractivity contribution in [3.8, 4) is 0 Å². The van der Waals surface area contributed by atoms with Gasteiger partial charge >= 0.3 is 0 Å². The van der Waals surface area contributed by atoms with Crippen molar-refractivity contribution < 1.29 is 9.72 Å². The number of likely N-dealkylation sites (N-methyl/N-ethyl adjacent to an activating group) is 1. The summed E-state index contributed by atoms with van der Waals surface area (Å²) in [5.74, 6) is 0.0329. The Morgan fingerprint density at radius 3 is 2.10 bits per heavy atom. The van der Waals surface area contributed by atoms with Crippen LogP contribution in [0.25, 0.3) is 0 Å². The Kier molecular flexibility index (Phi) is 5.84. The monoisotopic (exact) mass is 416 g/mol. The van der Waals surface area contributed by atoms with Crippen molar-refractivity contribution in [3.63, 3.8) is 0 Å². The quantitative estimate of drug-likeness (QED) is 0.484. The van der Waals surface area contributed by atoms with Gasteiger partial charge in [0.2, 0.25) is 5.91 Å². The Morgan fingerprint density at radius 1 is 0.935 bits per heavy atom. The highest BCUT2D eigenvalue weighted by atomic mass is 16.6. The molecule has 3 aromatic rings. The van der Waals surface area contributed by atoms with Gasteiger partial charge in [-0.25, -0.2) is 0 Å². The molecule has 0 aliphatic carbocycles. The molecule has 1 heterocycles. The molecular formula is C24H24N4O3. The van der Waals surface area contributed by atoms with Crippen LogP contribution < -0.4 is 10.2 Å². The van der Waals surface area contributed by atoms with Crippen molar-refractivity contribution in [2.24, 2.45) is 0 Å². The number of nitrogens with one attached hydrogen (secondary N) is 1. The maximum atomic E-state index is 12.1. The van der Waals surface area contributed by atoms with E-state index in [2.05, 4.69) is 5.32 Å². The molecule has 158 valence electrons. The molecule has 1 fully saturated rings. The van der Waals surface area contributed by atoms with E-state index < -0.39 is 0 Å². The molecule has 7 heteroatoms. The van der Waals surface area contributed by atoms with Gasteiger partial charge in [0.15, 0.2) is 0 Å². The van der Waals surface area contributed by atoms with Gasteiger partial charge in [0, 0.05) is 31.9 Å². The molecule has 0 unspecified atom stereocenters. The average Bonchev–Trinajstić information content (AvgIpc) is 2.80. The number of anilines is 2. The van der Waals surface area contributed by atoms with E-state index in [1.54, 1.807) is 24.1 Å². The number of amides is 1. The maximum Gasteiger partial charge on any atom is 0.292 e. The highest BCUT2D eigenvalue weighted by Crippen LogP contribution is 2.35. The predicted molar refractivity (Wildman–Crippen MR) is 121 cm³/mol. The van der Waals surface area contributed by atoms with Gasteiger partial charge in [-0.15, -0.1) is 0 Å². The van der Waals surface area contributed by atoms with E-state index in [9.17, 15) is 14.9 Å². The van der Waals surface area contributed by atoms with E-state index in [0.29, 0.717) is 18.8 Å². The van der Waals surface area contributed by atoms with Crippen molar-refractivity contribution >= 4 is 23.0 Å². The maximum absolute atomic E-state index is 12.1. The number of nitrogens with zero attached hydrogens (tertiary/aromatic N) is 3. The summed E-state index contributed by atoms with van der Waals surface area (Å²) >= 11 is 0. The zero-order valence-electron chi connectivity index (χ0n) is 17.3. The average molecular weight is 416 g/mol. The number of rotatable bonds is 6. The minimum atomic E-state index is -0.381. The van der Waals surface area contributed by atoms with E-state index in [4.69, 9.17) is 0 Å². The number of hydrogen-bond donors (Lipinski definition) is 1. The Morgan fingerprint density at radius 2 is 1.55 bits per heavy atom. The molecule has 7 nitrogen and oxygen atoms in total. The van der Waals surface area contributed by atoms with Crippen LogP contribution in [0, 0.1) is 10.1 Å².